The van der Waals surface area contributed by atoms with Crippen molar-refractivity contribution < 1.29 is 17.9 Å². The first-order valence-electron chi connectivity index (χ1n) is 6.03. The van der Waals surface area contributed by atoms with Crippen LogP contribution >= 0.6 is 12.2 Å². The van der Waals surface area contributed by atoms with Gasteiger partial charge in [0.25, 0.3) is 0 Å². The Morgan fingerprint density at radius 1 is 1.10 bits per heavy atom. The molecule has 0 aliphatic heterocycles. The van der Waals surface area contributed by atoms with E-state index in [2.05, 4.69) is 0 Å². The lowest BCUT2D eigenvalue weighted by Crippen LogP contribution is -2.13. The van der Waals surface area contributed by atoms with Crippen LogP contribution in [0.1, 0.15) is 16.7 Å². The molecular formula is C15H12F3NOS. The predicted octanol–water partition coefficient (Wildman–Crippen LogP) is 4.44. The first-order chi connectivity index (χ1) is 9.79. The van der Waals surface area contributed by atoms with Crippen LogP contribution in [0.25, 0.3) is 0 Å². The van der Waals surface area contributed by atoms with Crippen molar-refractivity contribution in [2.45, 2.75) is 13.1 Å². The second-order valence-electron chi connectivity index (χ2n) is 4.44. The molecule has 2 nitrogen and oxygen atoms in total. The first kappa shape index (κ1) is 15.3. The summed E-state index contributed by atoms with van der Waals surface area (Å²) < 4.78 is 43.8. The SMILES string of the molecule is Cc1ccccc1Oc1ccc(C(F)(F)F)cc1C(N)=S. The lowest BCUT2D eigenvalue weighted by molar-refractivity contribution is -0.137. The summed E-state index contributed by atoms with van der Waals surface area (Å²) in [5, 5.41) is 0. The first-order valence-corrected chi connectivity index (χ1v) is 6.44. The fraction of sp³-hybridized carbons (Fsp3) is 0.133. The molecule has 110 valence electrons. The van der Waals surface area contributed by atoms with Gasteiger partial charge in [0.2, 0.25) is 0 Å². The molecule has 0 spiro atoms. The van der Waals surface area contributed by atoms with Crippen molar-refractivity contribution in [3.8, 4) is 11.5 Å². The molecule has 2 N–H and O–H groups in total. The van der Waals surface area contributed by atoms with Crippen molar-refractivity contribution in [3.63, 3.8) is 0 Å². The number of thiocarbonyl (C=S) groups is 1. The van der Waals surface area contributed by atoms with Crippen molar-refractivity contribution in [3.05, 3.63) is 59.2 Å². The molecule has 0 aliphatic carbocycles. The van der Waals surface area contributed by atoms with Crippen molar-refractivity contribution in [1.29, 1.82) is 0 Å². The number of para-hydroxylation sites is 1. The summed E-state index contributed by atoms with van der Waals surface area (Å²) in [7, 11) is 0. The summed E-state index contributed by atoms with van der Waals surface area (Å²) in [6.07, 6.45) is -4.46. The van der Waals surface area contributed by atoms with Gasteiger partial charge >= 0.3 is 6.18 Å². The van der Waals surface area contributed by atoms with E-state index in [4.69, 9.17) is 22.7 Å². The number of alkyl halides is 3. The zero-order chi connectivity index (χ0) is 15.6. The van der Waals surface area contributed by atoms with E-state index < -0.39 is 11.7 Å². The zero-order valence-corrected chi connectivity index (χ0v) is 11.9. The van der Waals surface area contributed by atoms with Crippen LogP contribution in [0.2, 0.25) is 0 Å². The van der Waals surface area contributed by atoms with Crippen LogP contribution in [0.5, 0.6) is 11.5 Å². The van der Waals surface area contributed by atoms with E-state index in [1.165, 1.54) is 6.07 Å². The normalized spacial score (nSPS) is 11.2. The van der Waals surface area contributed by atoms with Crippen molar-refractivity contribution in [1.82, 2.24) is 0 Å². The van der Waals surface area contributed by atoms with Gasteiger partial charge in [-0.25, -0.2) is 0 Å². The maximum atomic E-state index is 12.7. The van der Waals surface area contributed by atoms with Gasteiger partial charge in [-0.3, -0.25) is 0 Å². The summed E-state index contributed by atoms with van der Waals surface area (Å²) >= 11 is 4.81. The fourth-order valence-corrected chi connectivity index (χ4v) is 1.94. The molecule has 2 rings (SSSR count). The number of hydrogen-bond acceptors (Lipinski definition) is 2. The summed E-state index contributed by atoms with van der Waals surface area (Å²) in [5.74, 6) is 0.736. The quantitative estimate of drug-likeness (QED) is 0.851. The lowest BCUT2D eigenvalue weighted by Gasteiger charge is -2.14. The molecule has 0 aromatic heterocycles. The standard InChI is InChI=1S/C15H12F3NOS/c1-9-4-2-3-5-12(9)20-13-7-6-10(15(16,17)18)8-11(13)14(19)21/h2-8H,1H3,(H2,19,21). The van der Waals surface area contributed by atoms with Gasteiger partial charge in [0.05, 0.1) is 11.1 Å². The Morgan fingerprint density at radius 2 is 1.76 bits per heavy atom. The maximum absolute atomic E-state index is 12.7. The van der Waals surface area contributed by atoms with Gasteiger partial charge in [-0.2, -0.15) is 13.2 Å². The van der Waals surface area contributed by atoms with Crippen LogP contribution in [-0.4, -0.2) is 4.99 Å². The van der Waals surface area contributed by atoms with Crippen molar-refractivity contribution in [2.24, 2.45) is 5.73 Å². The Morgan fingerprint density at radius 3 is 2.33 bits per heavy atom. The number of benzene rings is 2. The van der Waals surface area contributed by atoms with Crippen LogP contribution < -0.4 is 10.5 Å². The average molecular weight is 311 g/mol. The molecule has 0 aliphatic rings. The van der Waals surface area contributed by atoms with Gasteiger partial charge in [-0.15, -0.1) is 0 Å². The van der Waals surface area contributed by atoms with Gasteiger partial charge < -0.3 is 10.5 Å². The van der Waals surface area contributed by atoms with Crippen LogP contribution in [0, 0.1) is 6.92 Å². The van der Waals surface area contributed by atoms with Crippen LogP contribution in [0.3, 0.4) is 0 Å². The molecular weight excluding hydrogens is 299 g/mol. The lowest BCUT2D eigenvalue weighted by atomic mass is 10.1. The van der Waals surface area contributed by atoms with Crippen LogP contribution in [-0.2, 0) is 6.18 Å². The molecule has 21 heavy (non-hydrogen) atoms. The molecule has 0 fully saturated rings. The smallest absolute Gasteiger partial charge is 0.416 e. The van der Waals surface area contributed by atoms with E-state index in [0.717, 1.165) is 17.7 Å². The van der Waals surface area contributed by atoms with Gasteiger partial charge in [0, 0.05) is 0 Å². The molecule has 0 saturated heterocycles. The molecule has 0 unspecified atom stereocenters. The van der Waals surface area contributed by atoms with E-state index in [1.807, 2.05) is 19.1 Å². The Balaban J connectivity index is 2.45. The van der Waals surface area contributed by atoms with Crippen LogP contribution in [0.4, 0.5) is 13.2 Å². The molecule has 0 bridgehead atoms. The molecule has 0 heterocycles. The van der Waals surface area contributed by atoms with E-state index in [9.17, 15) is 13.2 Å². The summed E-state index contributed by atoms with van der Waals surface area (Å²) in [5.41, 5.74) is 5.60. The van der Waals surface area contributed by atoms with Gasteiger partial charge in [0.15, 0.2) is 0 Å². The second kappa shape index (κ2) is 5.73. The number of hydrogen-bond donors (Lipinski definition) is 1. The number of rotatable bonds is 3. The van der Waals surface area contributed by atoms with Gasteiger partial charge in [0.1, 0.15) is 16.5 Å². The predicted molar refractivity (Wildman–Crippen MR) is 78.6 cm³/mol. The molecule has 6 heteroatoms. The highest BCUT2D eigenvalue weighted by molar-refractivity contribution is 7.80. The summed E-state index contributed by atoms with van der Waals surface area (Å²) in [4.78, 5) is -0.148. The Hall–Kier alpha value is -2.08. The highest BCUT2D eigenvalue weighted by Crippen LogP contribution is 2.34. The van der Waals surface area contributed by atoms with Crippen molar-refractivity contribution >= 4 is 17.2 Å². The van der Waals surface area contributed by atoms with E-state index in [0.29, 0.717) is 5.75 Å². The third kappa shape index (κ3) is 3.52. The van der Waals surface area contributed by atoms with E-state index in [-0.39, 0.29) is 16.3 Å². The highest BCUT2D eigenvalue weighted by atomic mass is 32.1. The summed E-state index contributed by atoms with van der Waals surface area (Å²) in [6.45, 7) is 1.83. The zero-order valence-electron chi connectivity index (χ0n) is 11.1. The van der Waals surface area contributed by atoms with E-state index in [1.54, 1.807) is 12.1 Å². The molecule has 0 amide bonds. The monoisotopic (exact) mass is 311 g/mol. The Labute approximate surface area is 125 Å². The number of halogens is 3. The van der Waals surface area contributed by atoms with Gasteiger partial charge in [-0.1, -0.05) is 30.4 Å². The minimum atomic E-state index is -4.46. The topological polar surface area (TPSA) is 35.2 Å². The largest absolute Gasteiger partial charge is 0.456 e. The molecule has 0 saturated carbocycles. The fourth-order valence-electron chi connectivity index (χ4n) is 1.78. The van der Waals surface area contributed by atoms with Gasteiger partial charge in [-0.05, 0) is 36.8 Å². The molecule has 2 aromatic rings. The van der Waals surface area contributed by atoms with E-state index >= 15 is 0 Å². The minimum Gasteiger partial charge on any atom is -0.456 e. The number of ether oxygens (including phenoxy) is 1. The Bertz CT molecular complexity index is 683. The number of aryl methyl sites for hydroxylation is 1. The third-order valence-corrected chi connectivity index (χ3v) is 3.11. The minimum absolute atomic E-state index is 0.0584. The van der Waals surface area contributed by atoms with Crippen molar-refractivity contribution in [2.75, 3.05) is 0 Å². The highest BCUT2D eigenvalue weighted by Gasteiger charge is 2.31. The van der Waals surface area contributed by atoms with Crippen LogP contribution in [0.15, 0.2) is 42.5 Å². The average Bonchev–Trinajstić information content (AvgIpc) is 2.40. The maximum Gasteiger partial charge on any atom is 0.416 e. The Kier molecular flexibility index (Phi) is 4.18. The third-order valence-electron chi connectivity index (χ3n) is 2.89. The summed E-state index contributed by atoms with van der Waals surface area (Å²) in [6, 6.07) is 10.2. The second-order valence-corrected chi connectivity index (χ2v) is 4.88. The number of nitrogens with two attached hydrogens (primary N) is 1. The molecule has 0 radical (unpaired) electrons. The molecule has 2 aromatic carbocycles. The molecule has 0 atom stereocenters.